The molecule has 0 radical (unpaired) electrons. The average Bonchev–Trinajstić information content (AvgIpc) is 2.13. The summed E-state index contributed by atoms with van der Waals surface area (Å²) in [6, 6.07) is 0. The van der Waals surface area contributed by atoms with Crippen LogP contribution in [-0.2, 0) is 14.6 Å². The molecule has 88 valence electrons. The molecule has 0 aliphatic heterocycles. The highest BCUT2D eigenvalue weighted by molar-refractivity contribution is 5.68. The number of nitro groups is 1. The molecule has 0 bridgehead atoms. The molecule has 1 unspecified atom stereocenters. The summed E-state index contributed by atoms with van der Waals surface area (Å²) in [7, 11) is 1.23. The molecule has 0 aliphatic rings. The van der Waals surface area contributed by atoms with Crippen LogP contribution in [-0.4, -0.2) is 24.5 Å². The highest BCUT2D eigenvalue weighted by atomic mass is 17.2. The molecular weight excluding hydrogens is 202 g/mol. The first-order valence-corrected chi connectivity index (χ1v) is 4.95. The third-order valence-electron chi connectivity index (χ3n) is 2.00. The number of hydrogen-bond acceptors (Lipinski definition) is 5. The largest absolute Gasteiger partial charge is 0.342 e. The maximum Gasteiger partial charge on any atom is 0.342 e. The van der Waals surface area contributed by atoms with E-state index in [4.69, 9.17) is 0 Å². The van der Waals surface area contributed by atoms with E-state index in [2.05, 4.69) is 9.78 Å². The second kappa shape index (κ2) is 8.16. The number of nitrogens with zero attached hydrogens (tertiary/aromatic N) is 1. The minimum absolute atomic E-state index is 0.0365. The monoisotopic (exact) mass is 219 g/mol. The van der Waals surface area contributed by atoms with Crippen LogP contribution in [0.2, 0.25) is 0 Å². The van der Waals surface area contributed by atoms with Gasteiger partial charge in [-0.3, -0.25) is 15.0 Å². The Bertz CT molecular complexity index is 207. The summed E-state index contributed by atoms with van der Waals surface area (Å²) in [5.41, 5.74) is 0. The molecule has 0 saturated heterocycles. The van der Waals surface area contributed by atoms with Gasteiger partial charge in [0.1, 0.15) is 0 Å². The van der Waals surface area contributed by atoms with Gasteiger partial charge in [0, 0.05) is 10.8 Å². The zero-order valence-electron chi connectivity index (χ0n) is 9.10. The second-order valence-corrected chi connectivity index (χ2v) is 3.35. The number of hydrogen-bond donors (Lipinski definition) is 0. The molecule has 0 rings (SSSR count). The molecule has 0 spiro atoms. The molecule has 0 aromatic rings. The van der Waals surface area contributed by atoms with Gasteiger partial charge in [0.05, 0.1) is 13.5 Å². The summed E-state index contributed by atoms with van der Waals surface area (Å²) in [5.74, 6) is -0.817. The van der Waals surface area contributed by atoms with E-state index in [9.17, 15) is 14.9 Å². The number of unbranched alkanes of at least 4 members (excludes halogenated alkanes) is 1. The van der Waals surface area contributed by atoms with E-state index in [0.29, 0.717) is 6.42 Å². The maximum absolute atomic E-state index is 11.0. The first kappa shape index (κ1) is 13.8. The van der Waals surface area contributed by atoms with E-state index in [-0.39, 0.29) is 18.9 Å². The molecule has 0 amide bonds. The quantitative estimate of drug-likeness (QED) is 0.351. The first-order chi connectivity index (χ1) is 7.10. The van der Waals surface area contributed by atoms with Crippen molar-refractivity contribution in [2.45, 2.75) is 32.6 Å². The normalized spacial score (nSPS) is 12.1. The van der Waals surface area contributed by atoms with Crippen LogP contribution in [0.3, 0.4) is 0 Å². The Kier molecular flexibility index (Phi) is 7.53. The fourth-order valence-corrected chi connectivity index (χ4v) is 1.32. The molecule has 0 saturated carbocycles. The van der Waals surface area contributed by atoms with Crippen molar-refractivity contribution in [2.75, 3.05) is 13.7 Å². The highest BCUT2D eigenvalue weighted by Crippen LogP contribution is 2.14. The molecule has 0 aliphatic carbocycles. The molecule has 15 heavy (non-hydrogen) atoms. The predicted molar refractivity (Wildman–Crippen MR) is 52.6 cm³/mol. The third kappa shape index (κ3) is 7.87. The van der Waals surface area contributed by atoms with Crippen LogP contribution in [0.15, 0.2) is 0 Å². The van der Waals surface area contributed by atoms with Gasteiger partial charge in [-0.15, -0.1) is 0 Å². The summed E-state index contributed by atoms with van der Waals surface area (Å²) in [6.45, 7) is 1.80. The lowest BCUT2D eigenvalue weighted by atomic mass is 9.99. The SMILES string of the molecule is CCCCC(CC(=O)OOC)C[N+](=O)[O-]. The Morgan fingerprint density at radius 2 is 2.20 bits per heavy atom. The van der Waals surface area contributed by atoms with Crippen molar-refractivity contribution in [3.63, 3.8) is 0 Å². The van der Waals surface area contributed by atoms with E-state index in [1.165, 1.54) is 7.11 Å². The smallest absolute Gasteiger partial charge is 0.299 e. The van der Waals surface area contributed by atoms with Gasteiger partial charge >= 0.3 is 5.97 Å². The molecule has 0 aromatic heterocycles. The maximum atomic E-state index is 11.0. The van der Waals surface area contributed by atoms with Gasteiger partial charge in [0.25, 0.3) is 0 Å². The lowest BCUT2D eigenvalue weighted by molar-refractivity contribution is -0.488. The fourth-order valence-electron chi connectivity index (χ4n) is 1.32. The summed E-state index contributed by atoms with van der Waals surface area (Å²) in [4.78, 5) is 29.4. The molecule has 6 heteroatoms. The van der Waals surface area contributed by atoms with Gasteiger partial charge in [0.2, 0.25) is 6.54 Å². The minimum Gasteiger partial charge on any atom is -0.299 e. The summed E-state index contributed by atoms with van der Waals surface area (Å²) >= 11 is 0. The Morgan fingerprint density at radius 3 is 2.67 bits per heavy atom. The van der Waals surface area contributed by atoms with E-state index in [1.54, 1.807) is 0 Å². The van der Waals surface area contributed by atoms with Gasteiger partial charge < -0.3 is 0 Å². The van der Waals surface area contributed by atoms with Crippen molar-refractivity contribution < 1.29 is 19.5 Å². The standard InChI is InChI=1S/C9H17NO5/c1-3-4-5-8(7-10(12)13)6-9(11)15-14-2/h8H,3-7H2,1-2H3. The van der Waals surface area contributed by atoms with E-state index in [0.717, 1.165) is 12.8 Å². The Labute approximate surface area is 88.6 Å². The number of carbonyl (C=O) groups excluding carboxylic acids is 1. The Hall–Kier alpha value is -1.17. The zero-order valence-corrected chi connectivity index (χ0v) is 9.10. The van der Waals surface area contributed by atoms with Gasteiger partial charge in [-0.1, -0.05) is 19.8 Å². The predicted octanol–water partition coefficient (Wildman–Crippen LogP) is 1.56. The highest BCUT2D eigenvalue weighted by Gasteiger charge is 2.20. The first-order valence-electron chi connectivity index (χ1n) is 4.95. The average molecular weight is 219 g/mol. The van der Waals surface area contributed by atoms with E-state index < -0.39 is 10.9 Å². The Balaban J connectivity index is 3.98. The second-order valence-electron chi connectivity index (χ2n) is 3.35. The molecule has 1 atom stereocenters. The van der Waals surface area contributed by atoms with Crippen molar-refractivity contribution >= 4 is 5.97 Å². The molecule has 0 fully saturated rings. The van der Waals surface area contributed by atoms with Gasteiger partial charge in [-0.25, -0.2) is 4.79 Å². The Morgan fingerprint density at radius 1 is 1.53 bits per heavy atom. The van der Waals surface area contributed by atoms with Crippen molar-refractivity contribution in [1.82, 2.24) is 0 Å². The molecule has 6 nitrogen and oxygen atoms in total. The fraction of sp³-hybridized carbons (Fsp3) is 0.889. The summed E-state index contributed by atoms with van der Waals surface area (Å²) < 4.78 is 0. The van der Waals surface area contributed by atoms with Crippen LogP contribution >= 0.6 is 0 Å². The van der Waals surface area contributed by atoms with Gasteiger partial charge in [-0.05, 0) is 6.42 Å². The van der Waals surface area contributed by atoms with Crippen molar-refractivity contribution in [3.8, 4) is 0 Å². The molecule has 0 heterocycles. The van der Waals surface area contributed by atoms with Gasteiger partial charge in [0.15, 0.2) is 0 Å². The van der Waals surface area contributed by atoms with Crippen LogP contribution in [0.1, 0.15) is 32.6 Å². The van der Waals surface area contributed by atoms with Crippen molar-refractivity contribution in [3.05, 3.63) is 10.1 Å². The molecular formula is C9H17NO5. The van der Waals surface area contributed by atoms with Crippen LogP contribution in [0.4, 0.5) is 0 Å². The topological polar surface area (TPSA) is 78.7 Å². The van der Waals surface area contributed by atoms with Crippen LogP contribution in [0.25, 0.3) is 0 Å². The van der Waals surface area contributed by atoms with Crippen molar-refractivity contribution in [2.24, 2.45) is 5.92 Å². The van der Waals surface area contributed by atoms with Crippen LogP contribution in [0.5, 0.6) is 0 Å². The molecule has 0 N–H and O–H groups in total. The van der Waals surface area contributed by atoms with Gasteiger partial charge in [-0.2, -0.15) is 4.89 Å². The minimum atomic E-state index is -0.555. The van der Waals surface area contributed by atoms with E-state index in [1.807, 2.05) is 6.92 Å². The zero-order chi connectivity index (χ0) is 11.7. The summed E-state index contributed by atoms with van der Waals surface area (Å²) in [5, 5.41) is 10.3. The van der Waals surface area contributed by atoms with E-state index >= 15 is 0 Å². The summed E-state index contributed by atoms with van der Waals surface area (Å²) in [6.07, 6.45) is 2.53. The number of carbonyl (C=O) groups is 1. The lowest BCUT2D eigenvalue weighted by Gasteiger charge is -2.10. The molecule has 0 aromatic carbocycles. The number of rotatable bonds is 8. The lowest BCUT2D eigenvalue weighted by Crippen LogP contribution is -2.19. The third-order valence-corrected chi connectivity index (χ3v) is 2.00. The van der Waals surface area contributed by atoms with Crippen LogP contribution < -0.4 is 0 Å². The van der Waals surface area contributed by atoms with Crippen molar-refractivity contribution in [1.29, 1.82) is 0 Å². The van der Waals surface area contributed by atoms with Crippen LogP contribution in [0, 0.1) is 16.0 Å².